The van der Waals surface area contributed by atoms with Gasteiger partial charge >= 0.3 is 0 Å². The Morgan fingerprint density at radius 1 is 1.10 bits per heavy atom. The van der Waals surface area contributed by atoms with Crippen molar-refractivity contribution in [3.05, 3.63) is 65.2 Å². The van der Waals surface area contributed by atoms with Crippen LogP contribution in [-0.2, 0) is 17.8 Å². The van der Waals surface area contributed by atoms with E-state index < -0.39 is 11.6 Å². The second-order valence-electron chi connectivity index (χ2n) is 4.83. The summed E-state index contributed by atoms with van der Waals surface area (Å²) in [6.07, 6.45) is -0.318. The van der Waals surface area contributed by atoms with Crippen LogP contribution in [0.2, 0.25) is 0 Å². The summed E-state index contributed by atoms with van der Waals surface area (Å²) in [5.41, 5.74) is 6.97. The molecule has 0 aromatic heterocycles. The summed E-state index contributed by atoms with van der Waals surface area (Å²) < 4.78 is 27.1. The van der Waals surface area contributed by atoms with Gasteiger partial charge < -0.3 is 10.6 Å². The minimum Gasteiger partial charge on any atom is -0.398 e. The lowest BCUT2D eigenvalue weighted by Crippen LogP contribution is -2.28. The average Bonchev–Trinajstić information content (AvgIpc) is 2.45. The SMILES string of the molecule is CN(Cc1ccccc1N)C(=O)Cc1c(F)cccc1F. The van der Waals surface area contributed by atoms with Crippen LogP contribution in [0, 0.1) is 11.6 Å². The monoisotopic (exact) mass is 290 g/mol. The third-order valence-electron chi connectivity index (χ3n) is 3.28. The highest BCUT2D eigenvalue weighted by Crippen LogP contribution is 2.16. The molecule has 110 valence electrons. The third kappa shape index (κ3) is 3.56. The minimum absolute atomic E-state index is 0.213. The van der Waals surface area contributed by atoms with E-state index >= 15 is 0 Å². The Balaban J connectivity index is 2.08. The standard InChI is InChI=1S/C16H16F2N2O/c1-20(10-11-5-2-3-8-15(11)19)16(21)9-12-13(17)6-4-7-14(12)18/h2-8H,9-10,19H2,1H3. The Bertz CT molecular complexity index is 638. The molecule has 0 heterocycles. The highest BCUT2D eigenvalue weighted by molar-refractivity contribution is 5.78. The lowest BCUT2D eigenvalue weighted by atomic mass is 10.1. The molecule has 0 spiro atoms. The molecule has 0 saturated carbocycles. The maximum absolute atomic E-state index is 13.5. The number of para-hydroxylation sites is 1. The summed E-state index contributed by atoms with van der Waals surface area (Å²) >= 11 is 0. The van der Waals surface area contributed by atoms with Crippen LogP contribution in [0.1, 0.15) is 11.1 Å². The predicted octanol–water partition coefficient (Wildman–Crippen LogP) is 2.75. The first-order valence-electron chi connectivity index (χ1n) is 6.49. The molecule has 5 heteroatoms. The summed E-state index contributed by atoms with van der Waals surface area (Å²) in [5, 5.41) is 0. The van der Waals surface area contributed by atoms with Crippen LogP contribution in [0.5, 0.6) is 0 Å². The van der Waals surface area contributed by atoms with Crippen LogP contribution in [0.4, 0.5) is 14.5 Å². The van der Waals surface area contributed by atoms with Crippen molar-refractivity contribution >= 4 is 11.6 Å². The van der Waals surface area contributed by atoms with Gasteiger partial charge in [-0.3, -0.25) is 4.79 Å². The Labute approximate surface area is 122 Å². The molecule has 0 aliphatic heterocycles. The van der Waals surface area contributed by atoms with Crippen molar-refractivity contribution in [2.45, 2.75) is 13.0 Å². The highest BCUT2D eigenvalue weighted by Gasteiger charge is 2.16. The number of halogens is 2. The van der Waals surface area contributed by atoms with Crippen LogP contribution in [-0.4, -0.2) is 17.9 Å². The smallest absolute Gasteiger partial charge is 0.227 e. The molecule has 2 aromatic carbocycles. The number of rotatable bonds is 4. The zero-order valence-corrected chi connectivity index (χ0v) is 11.6. The highest BCUT2D eigenvalue weighted by atomic mass is 19.1. The van der Waals surface area contributed by atoms with Gasteiger partial charge in [0, 0.05) is 24.8 Å². The fraction of sp³-hybridized carbons (Fsp3) is 0.188. The zero-order chi connectivity index (χ0) is 15.4. The van der Waals surface area contributed by atoms with Crippen molar-refractivity contribution in [3.63, 3.8) is 0 Å². The lowest BCUT2D eigenvalue weighted by molar-refractivity contribution is -0.129. The number of nitrogens with zero attached hydrogens (tertiary/aromatic N) is 1. The fourth-order valence-corrected chi connectivity index (χ4v) is 2.01. The van der Waals surface area contributed by atoms with E-state index in [1.807, 2.05) is 12.1 Å². The van der Waals surface area contributed by atoms with Gasteiger partial charge in [0.25, 0.3) is 0 Å². The average molecular weight is 290 g/mol. The summed E-state index contributed by atoms with van der Waals surface area (Å²) in [7, 11) is 1.58. The Kier molecular flexibility index (Phi) is 4.52. The van der Waals surface area contributed by atoms with Crippen molar-refractivity contribution in [1.29, 1.82) is 0 Å². The lowest BCUT2D eigenvalue weighted by Gasteiger charge is -2.18. The normalized spacial score (nSPS) is 10.4. The van der Waals surface area contributed by atoms with Gasteiger partial charge in [-0.15, -0.1) is 0 Å². The number of carbonyl (C=O) groups is 1. The molecular formula is C16H16F2N2O. The number of hydrogen-bond acceptors (Lipinski definition) is 2. The molecule has 21 heavy (non-hydrogen) atoms. The van der Waals surface area contributed by atoms with Gasteiger partial charge in [0.2, 0.25) is 5.91 Å². The van der Waals surface area contributed by atoms with E-state index in [-0.39, 0.29) is 17.9 Å². The van der Waals surface area contributed by atoms with Crippen LogP contribution < -0.4 is 5.73 Å². The van der Waals surface area contributed by atoms with E-state index in [1.54, 1.807) is 19.2 Å². The molecule has 0 aliphatic rings. The first-order valence-corrected chi connectivity index (χ1v) is 6.49. The van der Waals surface area contributed by atoms with Gasteiger partial charge in [0.05, 0.1) is 6.42 Å². The van der Waals surface area contributed by atoms with E-state index in [2.05, 4.69) is 0 Å². The van der Waals surface area contributed by atoms with E-state index in [1.165, 1.54) is 11.0 Å². The first kappa shape index (κ1) is 15.0. The number of carbonyl (C=O) groups excluding carboxylic acids is 1. The maximum Gasteiger partial charge on any atom is 0.227 e. The third-order valence-corrected chi connectivity index (χ3v) is 3.28. The van der Waals surface area contributed by atoms with E-state index in [9.17, 15) is 13.6 Å². The number of amides is 1. The van der Waals surface area contributed by atoms with Gasteiger partial charge in [-0.1, -0.05) is 24.3 Å². The molecule has 0 unspecified atom stereocenters. The predicted molar refractivity (Wildman–Crippen MR) is 77.4 cm³/mol. The number of benzene rings is 2. The number of nitrogen functional groups attached to an aromatic ring is 1. The second-order valence-corrected chi connectivity index (χ2v) is 4.83. The van der Waals surface area contributed by atoms with Crippen LogP contribution in [0.15, 0.2) is 42.5 Å². The van der Waals surface area contributed by atoms with Gasteiger partial charge in [-0.05, 0) is 23.8 Å². The molecule has 0 aliphatic carbocycles. The van der Waals surface area contributed by atoms with Gasteiger partial charge in [0.15, 0.2) is 0 Å². The van der Waals surface area contributed by atoms with Crippen LogP contribution in [0.3, 0.4) is 0 Å². The summed E-state index contributed by atoms with van der Waals surface area (Å²) in [4.78, 5) is 13.5. The second kappa shape index (κ2) is 6.35. The molecule has 1 amide bonds. The van der Waals surface area contributed by atoms with Crippen LogP contribution >= 0.6 is 0 Å². The van der Waals surface area contributed by atoms with Crippen molar-refractivity contribution in [2.75, 3.05) is 12.8 Å². The number of likely N-dealkylation sites (N-methyl/N-ethyl adjacent to an activating group) is 1. The molecule has 2 N–H and O–H groups in total. The van der Waals surface area contributed by atoms with Crippen molar-refractivity contribution in [1.82, 2.24) is 4.90 Å². The van der Waals surface area contributed by atoms with Gasteiger partial charge in [-0.2, -0.15) is 0 Å². The quantitative estimate of drug-likeness (QED) is 0.880. The molecular weight excluding hydrogens is 274 g/mol. The molecule has 0 radical (unpaired) electrons. The first-order chi connectivity index (χ1) is 9.99. The largest absolute Gasteiger partial charge is 0.398 e. The topological polar surface area (TPSA) is 46.3 Å². The zero-order valence-electron chi connectivity index (χ0n) is 11.6. The van der Waals surface area contributed by atoms with Crippen molar-refractivity contribution < 1.29 is 13.6 Å². The Morgan fingerprint density at radius 3 is 2.33 bits per heavy atom. The summed E-state index contributed by atoms with van der Waals surface area (Å²) in [5.74, 6) is -1.80. The Hall–Kier alpha value is -2.43. The van der Waals surface area contributed by atoms with Gasteiger partial charge in [-0.25, -0.2) is 8.78 Å². The van der Waals surface area contributed by atoms with Gasteiger partial charge in [0.1, 0.15) is 11.6 Å². The maximum atomic E-state index is 13.5. The number of hydrogen-bond donors (Lipinski definition) is 1. The molecule has 0 bridgehead atoms. The van der Waals surface area contributed by atoms with E-state index in [0.29, 0.717) is 12.2 Å². The Morgan fingerprint density at radius 2 is 1.71 bits per heavy atom. The van der Waals surface area contributed by atoms with Crippen molar-refractivity contribution in [3.8, 4) is 0 Å². The van der Waals surface area contributed by atoms with E-state index in [0.717, 1.165) is 17.7 Å². The van der Waals surface area contributed by atoms with E-state index in [4.69, 9.17) is 5.73 Å². The van der Waals surface area contributed by atoms with Crippen LogP contribution in [0.25, 0.3) is 0 Å². The molecule has 3 nitrogen and oxygen atoms in total. The fourth-order valence-electron chi connectivity index (χ4n) is 2.01. The molecule has 2 rings (SSSR count). The number of anilines is 1. The summed E-state index contributed by atoms with van der Waals surface area (Å²) in [6.45, 7) is 0.293. The molecule has 0 fully saturated rings. The summed E-state index contributed by atoms with van der Waals surface area (Å²) in [6, 6.07) is 10.7. The number of nitrogens with two attached hydrogens (primary N) is 1. The molecule has 0 atom stereocenters. The minimum atomic E-state index is -0.712. The molecule has 0 saturated heterocycles. The molecule has 2 aromatic rings. The van der Waals surface area contributed by atoms with Crippen molar-refractivity contribution in [2.24, 2.45) is 0 Å².